The summed E-state index contributed by atoms with van der Waals surface area (Å²) in [5, 5.41) is 3.55. The van der Waals surface area contributed by atoms with E-state index >= 15 is 0 Å². The first kappa shape index (κ1) is 22.1. The van der Waals surface area contributed by atoms with Crippen molar-refractivity contribution in [1.29, 1.82) is 0 Å². The minimum atomic E-state index is -0.262. The Hall–Kier alpha value is -2.11. The SMILES string of the molecule is C[C@@H]1Cc2ccccc2N1CCCNC(=O)C1CCN(Cc2ccc(Cl)cc2F)CC1. The van der Waals surface area contributed by atoms with Gasteiger partial charge in [0, 0.05) is 47.9 Å². The van der Waals surface area contributed by atoms with E-state index in [0.717, 1.165) is 45.3 Å². The molecule has 0 spiro atoms. The summed E-state index contributed by atoms with van der Waals surface area (Å²) >= 11 is 5.83. The topological polar surface area (TPSA) is 35.6 Å². The second-order valence-corrected chi connectivity index (χ2v) is 9.24. The largest absolute Gasteiger partial charge is 0.368 e. The molecule has 0 unspecified atom stereocenters. The fourth-order valence-electron chi connectivity index (χ4n) is 4.82. The molecule has 0 aromatic heterocycles. The van der Waals surface area contributed by atoms with Crippen LogP contribution in [-0.2, 0) is 17.8 Å². The van der Waals surface area contributed by atoms with Crippen LogP contribution in [0.5, 0.6) is 0 Å². The average molecular weight is 444 g/mol. The molecule has 31 heavy (non-hydrogen) atoms. The van der Waals surface area contributed by atoms with Gasteiger partial charge in [-0.25, -0.2) is 4.39 Å². The van der Waals surface area contributed by atoms with Crippen LogP contribution in [-0.4, -0.2) is 43.0 Å². The van der Waals surface area contributed by atoms with Gasteiger partial charge < -0.3 is 10.2 Å². The quantitative estimate of drug-likeness (QED) is 0.633. The first-order valence-corrected chi connectivity index (χ1v) is 11.7. The highest BCUT2D eigenvalue weighted by Crippen LogP contribution is 2.31. The van der Waals surface area contributed by atoms with Gasteiger partial charge in [-0.2, -0.15) is 0 Å². The number of hydrogen-bond donors (Lipinski definition) is 1. The van der Waals surface area contributed by atoms with Crippen LogP contribution in [0.25, 0.3) is 0 Å². The Bertz CT molecular complexity index is 913. The standard InChI is InChI=1S/C25H31ClFN3O/c1-18-15-20-5-2-3-6-24(20)30(18)12-4-11-28-25(31)19-9-13-29(14-10-19)17-21-7-8-22(26)16-23(21)27/h2-3,5-8,16,18-19H,4,9-15,17H2,1H3,(H,28,31)/t18-/m1/s1. The first-order chi connectivity index (χ1) is 15.0. The van der Waals surface area contributed by atoms with Crippen molar-refractivity contribution in [1.82, 2.24) is 10.2 Å². The van der Waals surface area contributed by atoms with Gasteiger partial charge >= 0.3 is 0 Å². The summed E-state index contributed by atoms with van der Waals surface area (Å²) in [5.41, 5.74) is 3.42. The molecule has 0 aliphatic carbocycles. The third kappa shape index (κ3) is 5.39. The monoisotopic (exact) mass is 443 g/mol. The van der Waals surface area contributed by atoms with E-state index < -0.39 is 0 Å². The Morgan fingerprint density at radius 2 is 1.97 bits per heavy atom. The number of piperidine rings is 1. The normalized spacial score (nSPS) is 19.5. The van der Waals surface area contributed by atoms with Gasteiger partial charge in [0.1, 0.15) is 5.82 Å². The molecule has 2 aliphatic rings. The van der Waals surface area contributed by atoms with E-state index in [-0.39, 0.29) is 17.6 Å². The lowest BCUT2D eigenvalue weighted by atomic mass is 9.95. The lowest BCUT2D eigenvalue weighted by molar-refractivity contribution is -0.126. The van der Waals surface area contributed by atoms with Gasteiger partial charge in [-0.3, -0.25) is 9.69 Å². The molecule has 2 heterocycles. The maximum Gasteiger partial charge on any atom is 0.223 e. The second-order valence-electron chi connectivity index (χ2n) is 8.81. The van der Waals surface area contributed by atoms with Crippen LogP contribution in [0.1, 0.15) is 37.3 Å². The summed E-state index contributed by atoms with van der Waals surface area (Å²) in [5.74, 6) is -0.0488. The molecule has 1 saturated heterocycles. The average Bonchev–Trinajstić information content (AvgIpc) is 3.08. The fourth-order valence-corrected chi connectivity index (χ4v) is 4.98. The fraction of sp³-hybridized carbons (Fsp3) is 0.480. The number of fused-ring (bicyclic) bond motifs is 1. The molecule has 4 nitrogen and oxygen atoms in total. The van der Waals surface area contributed by atoms with Crippen LogP contribution in [0, 0.1) is 11.7 Å². The number of amides is 1. The number of para-hydroxylation sites is 1. The predicted molar refractivity (Wildman–Crippen MR) is 124 cm³/mol. The van der Waals surface area contributed by atoms with Crippen molar-refractivity contribution in [3.63, 3.8) is 0 Å². The number of nitrogens with zero attached hydrogens (tertiary/aromatic N) is 2. The maximum absolute atomic E-state index is 14.0. The van der Waals surface area contributed by atoms with E-state index in [2.05, 4.69) is 46.3 Å². The van der Waals surface area contributed by atoms with E-state index in [4.69, 9.17) is 11.6 Å². The van der Waals surface area contributed by atoms with Crippen molar-refractivity contribution < 1.29 is 9.18 Å². The van der Waals surface area contributed by atoms with Crippen molar-refractivity contribution in [2.75, 3.05) is 31.1 Å². The number of benzene rings is 2. The lowest BCUT2D eigenvalue weighted by Crippen LogP contribution is -2.41. The van der Waals surface area contributed by atoms with Crippen LogP contribution in [0.2, 0.25) is 5.02 Å². The molecule has 166 valence electrons. The molecule has 2 aromatic rings. The van der Waals surface area contributed by atoms with Crippen LogP contribution in [0.3, 0.4) is 0 Å². The van der Waals surface area contributed by atoms with Crippen LogP contribution < -0.4 is 10.2 Å². The maximum atomic E-state index is 14.0. The molecular formula is C25H31ClFN3O. The first-order valence-electron chi connectivity index (χ1n) is 11.3. The van der Waals surface area contributed by atoms with E-state index in [9.17, 15) is 9.18 Å². The van der Waals surface area contributed by atoms with Crippen LogP contribution >= 0.6 is 11.6 Å². The third-order valence-corrected chi connectivity index (χ3v) is 6.83. The predicted octanol–water partition coefficient (Wildman–Crippen LogP) is 4.65. The molecular weight excluding hydrogens is 413 g/mol. The van der Waals surface area contributed by atoms with Gasteiger partial charge in [0.05, 0.1) is 0 Å². The summed E-state index contributed by atoms with van der Waals surface area (Å²) < 4.78 is 14.0. The summed E-state index contributed by atoms with van der Waals surface area (Å²) in [6, 6.07) is 14.0. The number of carbonyl (C=O) groups is 1. The number of anilines is 1. The zero-order chi connectivity index (χ0) is 21.8. The molecule has 2 aromatic carbocycles. The Balaban J connectivity index is 1.17. The summed E-state index contributed by atoms with van der Waals surface area (Å²) in [4.78, 5) is 17.3. The molecule has 1 amide bonds. The van der Waals surface area contributed by atoms with Gasteiger partial charge in [-0.05, 0) is 69.5 Å². The number of carbonyl (C=O) groups excluding carboxylic acids is 1. The third-order valence-electron chi connectivity index (χ3n) is 6.59. The molecule has 0 bridgehead atoms. The minimum absolute atomic E-state index is 0.0535. The van der Waals surface area contributed by atoms with Crippen LogP contribution in [0.15, 0.2) is 42.5 Å². The van der Waals surface area contributed by atoms with Crippen molar-refractivity contribution in [2.45, 2.75) is 45.2 Å². The van der Waals surface area contributed by atoms with Gasteiger partial charge in [0.25, 0.3) is 0 Å². The molecule has 1 N–H and O–H groups in total. The zero-order valence-corrected chi connectivity index (χ0v) is 18.9. The zero-order valence-electron chi connectivity index (χ0n) is 18.1. The van der Waals surface area contributed by atoms with E-state index in [1.165, 1.54) is 17.3 Å². The molecule has 4 rings (SSSR count). The van der Waals surface area contributed by atoms with E-state index in [1.54, 1.807) is 12.1 Å². The number of halogens is 2. The summed E-state index contributed by atoms with van der Waals surface area (Å²) in [7, 11) is 0. The number of rotatable bonds is 7. The van der Waals surface area contributed by atoms with Gasteiger partial charge in [0.2, 0.25) is 5.91 Å². The van der Waals surface area contributed by atoms with Crippen molar-refractivity contribution in [3.05, 3.63) is 64.4 Å². The van der Waals surface area contributed by atoms with E-state index in [0.29, 0.717) is 29.7 Å². The Kier molecular flexibility index (Phi) is 7.13. The van der Waals surface area contributed by atoms with Crippen molar-refractivity contribution >= 4 is 23.2 Å². The van der Waals surface area contributed by atoms with E-state index in [1.807, 2.05) is 0 Å². The highest BCUT2D eigenvalue weighted by Gasteiger charge is 2.26. The van der Waals surface area contributed by atoms with Gasteiger partial charge in [-0.15, -0.1) is 0 Å². The molecule has 1 atom stereocenters. The highest BCUT2D eigenvalue weighted by atomic mass is 35.5. The molecule has 1 fully saturated rings. The lowest BCUT2D eigenvalue weighted by Gasteiger charge is -2.31. The Morgan fingerprint density at radius 1 is 1.19 bits per heavy atom. The van der Waals surface area contributed by atoms with Gasteiger partial charge in [0.15, 0.2) is 0 Å². The van der Waals surface area contributed by atoms with Crippen molar-refractivity contribution in [2.24, 2.45) is 5.92 Å². The summed E-state index contributed by atoms with van der Waals surface area (Å²) in [6.07, 6.45) is 3.68. The molecule has 0 saturated carbocycles. The second kappa shape index (κ2) is 10.0. The Labute approximate surface area is 189 Å². The van der Waals surface area contributed by atoms with Crippen molar-refractivity contribution in [3.8, 4) is 0 Å². The molecule has 6 heteroatoms. The number of nitrogens with one attached hydrogen (secondary N) is 1. The van der Waals surface area contributed by atoms with Crippen LogP contribution in [0.4, 0.5) is 10.1 Å². The number of likely N-dealkylation sites (tertiary alicyclic amines) is 1. The number of hydrogen-bond acceptors (Lipinski definition) is 3. The summed E-state index contributed by atoms with van der Waals surface area (Å²) in [6.45, 7) is 6.11. The Morgan fingerprint density at radius 3 is 2.74 bits per heavy atom. The molecule has 0 radical (unpaired) electrons. The smallest absolute Gasteiger partial charge is 0.223 e. The van der Waals surface area contributed by atoms with Gasteiger partial charge in [-0.1, -0.05) is 35.9 Å². The minimum Gasteiger partial charge on any atom is -0.368 e. The highest BCUT2D eigenvalue weighted by molar-refractivity contribution is 6.30. The molecule has 2 aliphatic heterocycles.